The summed E-state index contributed by atoms with van der Waals surface area (Å²) < 4.78 is 5.44. The number of ether oxygens (including phenoxy) is 1. The predicted molar refractivity (Wildman–Crippen MR) is 82.8 cm³/mol. The van der Waals surface area contributed by atoms with Gasteiger partial charge in [-0.15, -0.1) is 11.8 Å². The van der Waals surface area contributed by atoms with Crippen LogP contribution in [-0.2, 0) is 4.74 Å². The van der Waals surface area contributed by atoms with Gasteiger partial charge in [0.2, 0.25) is 0 Å². The Hall–Kier alpha value is -0.510. The van der Waals surface area contributed by atoms with E-state index in [9.17, 15) is 0 Å². The van der Waals surface area contributed by atoms with Gasteiger partial charge in [-0.2, -0.15) is 0 Å². The lowest BCUT2D eigenvalue weighted by Gasteiger charge is -2.24. The molecule has 3 heteroatoms. The van der Waals surface area contributed by atoms with Gasteiger partial charge in [-0.25, -0.2) is 0 Å². The molecular formula is C16H25NOS. The number of thioether (sulfide) groups is 1. The predicted octanol–water partition coefficient (Wildman–Crippen LogP) is 4.02. The van der Waals surface area contributed by atoms with Crippen LogP contribution in [0, 0.1) is 0 Å². The lowest BCUT2D eigenvalue weighted by Crippen LogP contribution is -2.21. The second-order valence-corrected chi connectivity index (χ2v) is 6.49. The van der Waals surface area contributed by atoms with Gasteiger partial charge in [0.25, 0.3) is 0 Å². The minimum Gasteiger partial charge on any atom is -0.381 e. The number of rotatable bonds is 6. The topological polar surface area (TPSA) is 21.3 Å². The van der Waals surface area contributed by atoms with Crippen LogP contribution < -0.4 is 5.32 Å². The van der Waals surface area contributed by atoms with Crippen molar-refractivity contribution >= 4 is 11.8 Å². The molecule has 1 saturated heterocycles. The SMILES string of the molecule is CCCNC(C)c1ccccc1SC1CCOCC1. The first-order chi connectivity index (χ1) is 9.31. The average molecular weight is 279 g/mol. The quantitative estimate of drug-likeness (QED) is 0.850. The number of hydrogen-bond donors (Lipinski definition) is 1. The molecule has 1 fully saturated rings. The molecule has 106 valence electrons. The third kappa shape index (κ3) is 4.51. The van der Waals surface area contributed by atoms with Crippen LogP contribution in [0.1, 0.15) is 44.7 Å². The molecule has 1 aliphatic rings. The molecule has 1 aromatic carbocycles. The van der Waals surface area contributed by atoms with Gasteiger partial charge in [0.1, 0.15) is 0 Å². The Kier molecular flexibility index (Phi) is 6.21. The van der Waals surface area contributed by atoms with Gasteiger partial charge in [0.15, 0.2) is 0 Å². The van der Waals surface area contributed by atoms with Gasteiger partial charge in [0, 0.05) is 29.4 Å². The van der Waals surface area contributed by atoms with Crippen molar-refractivity contribution in [3.63, 3.8) is 0 Å². The summed E-state index contributed by atoms with van der Waals surface area (Å²) in [5.41, 5.74) is 1.44. The summed E-state index contributed by atoms with van der Waals surface area (Å²) in [5.74, 6) is 0. The Morgan fingerprint density at radius 2 is 2.05 bits per heavy atom. The molecule has 0 radical (unpaired) electrons. The molecule has 0 aromatic heterocycles. The first-order valence-corrected chi connectivity index (χ1v) is 8.26. The molecule has 1 unspecified atom stereocenters. The third-order valence-electron chi connectivity index (χ3n) is 3.55. The summed E-state index contributed by atoms with van der Waals surface area (Å²) in [6, 6.07) is 9.25. The molecule has 0 spiro atoms. The lowest BCUT2D eigenvalue weighted by molar-refractivity contribution is 0.1000. The molecule has 0 bridgehead atoms. The molecule has 1 N–H and O–H groups in total. The number of benzene rings is 1. The summed E-state index contributed by atoms with van der Waals surface area (Å²) in [5, 5.41) is 4.30. The van der Waals surface area contributed by atoms with E-state index in [0.29, 0.717) is 11.3 Å². The van der Waals surface area contributed by atoms with Gasteiger partial charge < -0.3 is 10.1 Å². The fourth-order valence-corrected chi connectivity index (χ4v) is 3.72. The Balaban J connectivity index is 2.02. The highest BCUT2D eigenvalue weighted by Crippen LogP contribution is 2.34. The van der Waals surface area contributed by atoms with Crippen LogP contribution in [0.15, 0.2) is 29.2 Å². The number of hydrogen-bond acceptors (Lipinski definition) is 3. The van der Waals surface area contributed by atoms with Crippen LogP contribution in [0.5, 0.6) is 0 Å². The van der Waals surface area contributed by atoms with E-state index in [2.05, 4.69) is 43.4 Å². The Bertz CT molecular complexity index is 377. The standard InChI is InChI=1S/C16H25NOS/c1-3-10-17-13(2)15-6-4-5-7-16(15)19-14-8-11-18-12-9-14/h4-7,13-14,17H,3,8-12H2,1-2H3. The molecular weight excluding hydrogens is 254 g/mol. The normalized spacial score (nSPS) is 18.4. The molecule has 1 aromatic rings. The lowest BCUT2D eigenvalue weighted by atomic mass is 10.1. The summed E-state index contributed by atoms with van der Waals surface area (Å²) in [7, 11) is 0. The van der Waals surface area contributed by atoms with Gasteiger partial charge in [-0.1, -0.05) is 25.1 Å². The van der Waals surface area contributed by atoms with Crippen molar-refractivity contribution in [2.75, 3.05) is 19.8 Å². The minimum absolute atomic E-state index is 0.434. The molecule has 0 amide bonds. The molecule has 1 atom stereocenters. The summed E-state index contributed by atoms with van der Waals surface area (Å²) >= 11 is 2.03. The smallest absolute Gasteiger partial charge is 0.0476 e. The van der Waals surface area contributed by atoms with E-state index >= 15 is 0 Å². The van der Waals surface area contributed by atoms with Crippen molar-refractivity contribution in [3.05, 3.63) is 29.8 Å². The Labute approximate surface area is 121 Å². The van der Waals surface area contributed by atoms with Gasteiger partial charge in [-0.3, -0.25) is 0 Å². The Morgan fingerprint density at radius 3 is 2.79 bits per heavy atom. The van der Waals surface area contributed by atoms with E-state index in [1.807, 2.05) is 11.8 Å². The number of nitrogens with one attached hydrogen (secondary N) is 1. The van der Waals surface area contributed by atoms with Gasteiger partial charge >= 0.3 is 0 Å². The summed E-state index contributed by atoms with van der Waals surface area (Å²) in [6.07, 6.45) is 3.53. The van der Waals surface area contributed by atoms with Crippen molar-refractivity contribution in [2.24, 2.45) is 0 Å². The molecule has 1 heterocycles. The summed E-state index contributed by atoms with van der Waals surface area (Å²) in [4.78, 5) is 1.44. The van der Waals surface area contributed by atoms with E-state index in [-0.39, 0.29) is 0 Å². The largest absolute Gasteiger partial charge is 0.381 e. The van der Waals surface area contributed by atoms with Crippen LogP contribution in [0.25, 0.3) is 0 Å². The summed E-state index contributed by atoms with van der Waals surface area (Å²) in [6.45, 7) is 7.39. The highest BCUT2D eigenvalue weighted by atomic mass is 32.2. The molecule has 0 aliphatic carbocycles. The van der Waals surface area contributed by atoms with E-state index in [0.717, 1.165) is 19.8 Å². The second kappa shape index (κ2) is 7.93. The highest BCUT2D eigenvalue weighted by Gasteiger charge is 2.18. The zero-order valence-electron chi connectivity index (χ0n) is 12.0. The van der Waals surface area contributed by atoms with E-state index in [4.69, 9.17) is 4.74 Å². The molecule has 0 saturated carbocycles. The first kappa shape index (κ1) is 14.9. The molecule has 2 rings (SSSR count). The van der Waals surface area contributed by atoms with Crippen molar-refractivity contribution in [1.29, 1.82) is 0 Å². The van der Waals surface area contributed by atoms with Crippen LogP contribution in [0.3, 0.4) is 0 Å². The maximum atomic E-state index is 5.44. The van der Waals surface area contributed by atoms with Crippen LogP contribution in [0.2, 0.25) is 0 Å². The van der Waals surface area contributed by atoms with Crippen molar-refractivity contribution in [2.45, 2.75) is 49.3 Å². The highest BCUT2D eigenvalue weighted by molar-refractivity contribution is 8.00. The minimum atomic E-state index is 0.434. The Morgan fingerprint density at radius 1 is 1.32 bits per heavy atom. The van der Waals surface area contributed by atoms with Gasteiger partial charge in [0.05, 0.1) is 0 Å². The van der Waals surface area contributed by atoms with Gasteiger partial charge in [-0.05, 0) is 44.4 Å². The monoisotopic (exact) mass is 279 g/mol. The van der Waals surface area contributed by atoms with Crippen molar-refractivity contribution in [1.82, 2.24) is 5.32 Å². The zero-order valence-corrected chi connectivity index (χ0v) is 12.8. The fraction of sp³-hybridized carbons (Fsp3) is 0.625. The zero-order chi connectivity index (χ0) is 13.5. The average Bonchev–Trinajstić information content (AvgIpc) is 2.46. The van der Waals surface area contributed by atoms with Crippen molar-refractivity contribution < 1.29 is 4.74 Å². The first-order valence-electron chi connectivity index (χ1n) is 7.38. The molecule has 19 heavy (non-hydrogen) atoms. The molecule has 1 aliphatic heterocycles. The van der Waals surface area contributed by atoms with E-state index in [1.54, 1.807) is 0 Å². The second-order valence-electron chi connectivity index (χ2n) is 5.14. The maximum absolute atomic E-state index is 5.44. The maximum Gasteiger partial charge on any atom is 0.0476 e. The molecule has 2 nitrogen and oxygen atoms in total. The van der Waals surface area contributed by atoms with Crippen LogP contribution in [-0.4, -0.2) is 25.0 Å². The third-order valence-corrected chi connectivity index (χ3v) is 4.98. The van der Waals surface area contributed by atoms with E-state index in [1.165, 1.54) is 29.7 Å². The van der Waals surface area contributed by atoms with Crippen molar-refractivity contribution in [3.8, 4) is 0 Å². The van der Waals surface area contributed by atoms with Crippen LogP contribution >= 0.6 is 11.8 Å². The van der Waals surface area contributed by atoms with E-state index < -0.39 is 0 Å². The fourth-order valence-electron chi connectivity index (χ4n) is 2.39. The van der Waals surface area contributed by atoms with Crippen LogP contribution in [0.4, 0.5) is 0 Å².